The number of hydrogen-bond acceptors (Lipinski definition) is 5. The number of aromatic nitrogens is 2. The Morgan fingerprint density at radius 3 is 2.92 bits per heavy atom. The SMILES string of the molecule is CS(=O)(=O)c1cncnc1C1CCCN(C(=O)Cc2cccc(Cl)c2)C1. The first-order chi connectivity index (χ1) is 12.3. The average molecular weight is 394 g/mol. The molecule has 1 aromatic heterocycles. The quantitative estimate of drug-likeness (QED) is 0.797. The van der Waals surface area contributed by atoms with Crippen LogP contribution in [0.5, 0.6) is 0 Å². The lowest BCUT2D eigenvalue weighted by atomic mass is 9.94. The highest BCUT2D eigenvalue weighted by atomic mass is 35.5. The summed E-state index contributed by atoms with van der Waals surface area (Å²) in [6.45, 7) is 1.12. The van der Waals surface area contributed by atoms with E-state index in [0.29, 0.717) is 23.8 Å². The van der Waals surface area contributed by atoms with Crippen molar-refractivity contribution in [2.24, 2.45) is 0 Å². The van der Waals surface area contributed by atoms with Crippen molar-refractivity contribution < 1.29 is 13.2 Å². The molecule has 2 aromatic rings. The highest BCUT2D eigenvalue weighted by Crippen LogP contribution is 2.29. The van der Waals surface area contributed by atoms with Gasteiger partial charge in [-0.1, -0.05) is 23.7 Å². The third kappa shape index (κ3) is 4.40. The summed E-state index contributed by atoms with van der Waals surface area (Å²) in [4.78, 5) is 22.7. The molecule has 2 heterocycles. The van der Waals surface area contributed by atoms with E-state index < -0.39 is 9.84 Å². The number of hydrogen-bond donors (Lipinski definition) is 0. The average Bonchev–Trinajstić information content (AvgIpc) is 2.61. The van der Waals surface area contributed by atoms with Crippen LogP contribution in [0.1, 0.15) is 30.0 Å². The molecule has 26 heavy (non-hydrogen) atoms. The van der Waals surface area contributed by atoms with E-state index in [-0.39, 0.29) is 23.1 Å². The normalized spacial score (nSPS) is 17.9. The van der Waals surface area contributed by atoms with E-state index in [2.05, 4.69) is 9.97 Å². The number of amides is 1. The Morgan fingerprint density at radius 2 is 2.19 bits per heavy atom. The summed E-state index contributed by atoms with van der Waals surface area (Å²) in [5, 5.41) is 0.602. The first kappa shape index (κ1) is 18.8. The summed E-state index contributed by atoms with van der Waals surface area (Å²) in [6, 6.07) is 7.25. The number of piperidine rings is 1. The third-order valence-electron chi connectivity index (χ3n) is 4.51. The first-order valence-corrected chi connectivity index (χ1v) is 10.6. The molecule has 0 saturated carbocycles. The van der Waals surface area contributed by atoms with Gasteiger partial charge in [0.1, 0.15) is 11.2 Å². The number of sulfone groups is 1. The summed E-state index contributed by atoms with van der Waals surface area (Å²) >= 11 is 5.98. The zero-order valence-corrected chi connectivity index (χ0v) is 16.0. The molecule has 1 atom stereocenters. The lowest BCUT2D eigenvalue weighted by Gasteiger charge is -2.33. The van der Waals surface area contributed by atoms with Gasteiger partial charge in [-0.15, -0.1) is 0 Å². The summed E-state index contributed by atoms with van der Waals surface area (Å²) in [5.41, 5.74) is 1.37. The van der Waals surface area contributed by atoms with Crippen molar-refractivity contribution in [1.82, 2.24) is 14.9 Å². The topological polar surface area (TPSA) is 80.2 Å². The molecule has 0 N–H and O–H groups in total. The maximum Gasteiger partial charge on any atom is 0.227 e. The molecule has 8 heteroatoms. The van der Waals surface area contributed by atoms with Crippen LogP contribution >= 0.6 is 11.6 Å². The molecule has 0 spiro atoms. The molecule has 1 saturated heterocycles. The largest absolute Gasteiger partial charge is 0.342 e. The Morgan fingerprint density at radius 1 is 1.38 bits per heavy atom. The smallest absolute Gasteiger partial charge is 0.227 e. The Hall–Kier alpha value is -1.99. The van der Waals surface area contributed by atoms with E-state index in [0.717, 1.165) is 24.7 Å². The molecule has 1 aliphatic rings. The standard InChI is InChI=1S/C18H20ClN3O3S/c1-26(24,25)16-10-20-12-21-18(16)14-5-3-7-22(11-14)17(23)9-13-4-2-6-15(19)8-13/h2,4,6,8,10,12,14H,3,5,7,9,11H2,1H3. The molecule has 1 aliphatic heterocycles. The molecule has 3 rings (SSSR count). The van der Waals surface area contributed by atoms with Crippen LogP contribution in [0, 0.1) is 0 Å². The molecule has 0 bridgehead atoms. The summed E-state index contributed by atoms with van der Waals surface area (Å²) in [5.74, 6) is -0.105. The zero-order chi connectivity index (χ0) is 18.7. The van der Waals surface area contributed by atoms with Gasteiger partial charge in [-0.2, -0.15) is 0 Å². The van der Waals surface area contributed by atoms with E-state index in [1.807, 2.05) is 12.1 Å². The maximum atomic E-state index is 12.7. The predicted molar refractivity (Wildman–Crippen MR) is 98.9 cm³/mol. The van der Waals surface area contributed by atoms with Crippen LogP contribution in [0.15, 0.2) is 41.7 Å². The van der Waals surface area contributed by atoms with Crippen molar-refractivity contribution in [1.29, 1.82) is 0 Å². The van der Waals surface area contributed by atoms with Gasteiger partial charge in [0.05, 0.1) is 12.1 Å². The predicted octanol–water partition coefficient (Wildman–Crippen LogP) is 2.48. The Labute approximate surface area is 158 Å². The Bertz CT molecular complexity index is 917. The van der Waals surface area contributed by atoms with E-state index in [4.69, 9.17) is 11.6 Å². The maximum absolute atomic E-state index is 12.7. The van der Waals surface area contributed by atoms with Crippen LogP contribution in [-0.2, 0) is 21.1 Å². The van der Waals surface area contributed by atoms with Crippen LogP contribution in [-0.4, -0.2) is 48.5 Å². The highest BCUT2D eigenvalue weighted by molar-refractivity contribution is 7.90. The second kappa shape index (κ2) is 7.72. The number of carbonyl (C=O) groups excluding carboxylic acids is 1. The fraction of sp³-hybridized carbons (Fsp3) is 0.389. The number of carbonyl (C=O) groups is 1. The number of nitrogens with zero attached hydrogens (tertiary/aromatic N) is 3. The van der Waals surface area contributed by atoms with Crippen LogP contribution in [0.4, 0.5) is 0 Å². The minimum Gasteiger partial charge on any atom is -0.342 e. The van der Waals surface area contributed by atoms with Gasteiger partial charge in [0.25, 0.3) is 0 Å². The molecule has 6 nitrogen and oxygen atoms in total. The number of benzene rings is 1. The molecule has 1 aromatic carbocycles. The molecule has 0 aliphatic carbocycles. The molecule has 138 valence electrons. The molecule has 1 fully saturated rings. The van der Waals surface area contributed by atoms with E-state index >= 15 is 0 Å². The fourth-order valence-corrected chi connectivity index (χ4v) is 4.34. The van der Waals surface area contributed by atoms with Crippen molar-refractivity contribution in [3.63, 3.8) is 0 Å². The lowest BCUT2D eigenvalue weighted by Crippen LogP contribution is -2.40. The van der Waals surface area contributed by atoms with Gasteiger partial charge in [-0.3, -0.25) is 4.79 Å². The number of rotatable bonds is 4. The van der Waals surface area contributed by atoms with Crippen molar-refractivity contribution in [3.05, 3.63) is 53.1 Å². The highest BCUT2D eigenvalue weighted by Gasteiger charge is 2.29. The van der Waals surface area contributed by atoms with E-state index in [1.165, 1.54) is 12.5 Å². The Balaban J connectivity index is 1.77. The molecular formula is C18H20ClN3O3S. The van der Waals surface area contributed by atoms with Gasteiger partial charge in [-0.25, -0.2) is 18.4 Å². The fourth-order valence-electron chi connectivity index (χ4n) is 3.28. The molecule has 0 radical (unpaired) electrons. The minimum atomic E-state index is -3.42. The zero-order valence-electron chi connectivity index (χ0n) is 14.4. The summed E-state index contributed by atoms with van der Waals surface area (Å²) in [6.07, 6.45) is 5.72. The van der Waals surface area contributed by atoms with E-state index in [1.54, 1.807) is 17.0 Å². The van der Waals surface area contributed by atoms with Gasteiger partial charge in [0, 0.05) is 36.5 Å². The van der Waals surface area contributed by atoms with Crippen molar-refractivity contribution in [3.8, 4) is 0 Å². The lowest BCUT2D eigenvalue weighted by molar-refractivity contribution is -0.131. The van der Waals surface area contributed by atoms with Crippen molar-refractivity contribution in [2.45, 2.75) is 30.1 Å². The van der Waals surface area contributed by atoms with Gasteiger partial charge >= 0.3 is 0 Å². The van der Waals surface area contributed by atoms with Crippen molar-refractivity contribution >= 4 is 27.3 Å². The third-order valence-corrected chi connectivity index (χ3v) is 5.86. The van der Waals surface area contributed by atoms with Crippen LogP contribution in [0.25, 0.3) is 0 Å². The van der Waals surface area contributed by atoms with Gasteiger partial charge in [0.2, 0.25) is 5.91 Å². The number of halogens is 1. The second-order valence-electron chi connectivity index (χ2n) is 6.53. The second-order valence-corrected chi connectivity index (χ2v) is 8.95. The van der Waals surface area contributed by atoms with Crippen LogP contribution < -0.4 is 0 Å². The van der Waals surface area contributed by atoms with Crippen LogP contribution in [0.2, 0.25) is 5.02 Å². The molecule has 1 unspecified atom stereocenters. The molecular weight excluding hydrogens is 374 g/mol. The van der Waals surface area contributed by atoms with E-state index in [9.17, 15) is 13.2 Å². The summed E-state index contributed by atoms with van der Waals surface area (Å²) < 4.78 is 24.0. The minimum absolute atomic E-state index is 0.00642. The first-order valence-electron chi connectivity index (χ1n) is 8.37. The number of likely N-dealkylation sites (tertiary alicyclic amines) is 1. The molecule has 1 amide bonds. The van der Waals surface area contributed by atoms with Gasteiger partial charge in [-0.05, 0) is 30.5 Å². The Kier molecular flexibility index (Phi) is 5.58. The summed E-state index contributed by atoms with van der Waals surface area (Å²) in [7, 11) is -3.42. The van der Waals surface area contributed by atoms with Crippen LogP contribution in [0.3, 0.4) is 0 Å². The van der Waals surface area contributed by atoms with Gasteiger partial charge in [0.15, 0.2) is 9.84 Å². The van der Waals surface area contributed by atoms with Crippen molar-refractivity contribution in [2.75, 3.05) is 19.3 Å². The monoisotopic (exact) mass is 393 g/mol. The van der Waals surface area contributed by atoms with Gasteiger partial charge < -0.3 is 4.90 Å².